The van der Waals surface area contributed by atoms with Gasteiger partial charge in [0.2, 0.25) is 0 Å². The molecule has 1 aromatic rings. The molecule has 1 amide bonds. The molecule has 0 N–H and O–H groups in total. The number of hydrogen-bond donors (Lipinski definition) is 0. The molecule has 1 heterocycles. The summed E-state index contributed by atoms with van der Waals surface area (Å²) >= 11 is 0. The number of piperidine rings is 1. The molecule has 1 aromatic carbocycles. The molecular weight excluding hydrogens is 294 g/mol. The summed E-state index contributed by atoms with van der Waals surface area (Å²) in [5, 5.41) is 0. The van der Waals surface area contributed by atoms with E-state index in [-0.39, 0.29) is 12.5 Å². The van der Waals surface area contributed by atoms with Crippen LogP contribution in [0.3, 0.4) is 0 Å². The van der Waals surface area contributed by atoms with E-state index in [2.05, 4.69) is 5.92 Å². The summed E-state index contributed by atoms with van der Waals surface area (Å²) in [6.45, 7) is 2.43. The van der Waals surface area contributed by atoms with Crippen molar-refractivity contribution >= 4 is 5.91 Å². The lowest BCUT2D eigenvalue weighted by atomic mass is 9.99. The van der Waals surface area contributed by atoms with E-state index in [1.165, 1.54) is 0 Å². The van der Waals surface area contributed by atoms with E-state index in [4.69, 9.17) is 20.6 Å². The van der Waals surface area contributed by atoms with E-state index < -0.39 is 0 Å². The van der Waals surface area contributed by atoms with Gasteiger partial charge in [-0.3, -0.25) is 4.79 Å². The number of hydrogen-bond acceptors (Lipinski definition) is 4. The maximum Gasteiger partial charge on any atom is 0.260 e. The van der Waals surface area contributed by atoms with Gasteiger partial charge in [-0.2, -0.15) is 0 Å². The number of methoxy groups -OCH3 is 1. The first-order valence-electron chi connectivity index (χ1n) is 7.78. The number of nitrogens with zero attached hydrogens (tertiary/aromatic N) is 1. The first-order chi connectivity index (χ1) is 11.2. The molecule has 0 aliphatic carbocycles. The van der Waals surface area contributed by atoms with E-state index >= 15 is 0 Å². The van der Waals surface area contributed by atoms with Crippen molar-refractivity contribution in [2.75, 3.05) is 40.0 Å². The predicted octanol–water partition coefficient (Wildman–Crippen LogP) is 1.96. The van der Waals surface area contributed by atoms with Crippen molar-refractivity contribution in [2.24, 2.45) is 5.92 Å². The van der Waals surface area contributed by atoms with Crippen LogP contribution in [0, 0.1) is 18.3 Å². The lowest BCUT2D eigenvalue weighted by Gasteiger charge is -2.32. The molecule has 0 bridgehead atoms. The second-order valence-electron chi connectivity index (χ2n) is 5.53. The molecule has 0 radical (unpaired) electrons. The maximum absolute atomic E-state index is 12.3. The number of benzene rings is 1. The minimum atomic E-state index is -0.00512. The Morgan fingerprint density at radius 2 is 2.26 bits per heavy atom. The topological polar surface area (TPSA) is 48.0 Å². The fraction of sp³-hybridized carbons (Fsp3) is 0.500. The zero-order chi connectivity index (χ0) is 16.5. The number of rotatable bonds is 7. The fourth-order valence-corrected chi connectivity index (χ4v) is 2.64. The van der Waals surface area contributed by atoms with Gasteiger partial charge >= 0.3 is 0 Å². The molecule has 1 atom stereocenters. The second kappa shape index (κ2) is 9.06. The Kier molecular flexibility index (Phi) is 6.76. The summed E-state index contributed by atoms with van der Waals surface area (Å²) in [5.41, 5.74) is 0. The number of amides is 1. The van der Waals surface area contributed by atoms with E-state index in [1.807, 2.05) is 23.1 Å². The molecule has 5 heteroatoms. The highest BCUT2D eigenvalue weighted by atomic mass is 16.5. The standard InChI is InChI=1S/C18H23NO4/c1-3-10-22-13-15-6-5-9-19(12-15)18(20)14-23-17-8-4-7-16(11-17)21-2/h1,4,7-8,11,15H,5-6,9-10,12-14H2,2H3. The lowest BCUT2D eigenvalue weighted by molar-refractivity contribution is -0.135. The monoisotopic (exact) mass is 317 g/mol. The highest BCUT2D eigenvalue weighted by molar-refractivity contribution is 5.77. The van der Waals surface area contributed by atoms with E-state index in [0.29, 0.717) is 37.2 Å². The van der Waals surface area contributed by atoms with Crippen LogP contribution in [0.15, 0.2) is 24.3 Å². The molecule has 0 aromatic heterocycles. The molecule has 0 spiro atoms. The summed E-state index contributed by atoms with van der Waals surface area (Å²) < 4.78 is 16.1. The Morgan fingerprint density at radius 1 is 1.43 bits per heavy atom. The van der Waals surface area contributed by atoms with Crippen LogP contribution in [-0.4, -0.2) is 50.8 Å². The summed E-state index contributed by atoms with van der Waals surface area (Å²) in [6, 6.07) is 7.24. The molecule has 5 nitrogen and oxygen atoms in total. The average molecular weight is 317 g/mol. The summed E-state index contributed by atoms with van der Waals surface area (Å²) in [4.78, 5) is 14.1. The van der Waals surface area contributed by atoms with Gasteiger partial charge in [0.25, 0.3) is 5.91 Å². The Morgan fingerprint density at radius 3 is 3.04 bits per heavy atom. The molecule has 1 aliphatic heterocycles. The predicted molar refractivity (Wildman–Crippen MR) is 87.4 cm³/mol. The number of carbonyl (C=O) groups is 1. The molecule has 1 aliphatic rings. The first-order valence-corrected chi connectivity index (χ1v) is 7.78. The van der Waals surface area contributed by atoms with Crippen molar-refractivity contribution in [3.8, 4) is 23.8 Å². The first kappa shape index (κ1) is 17.2. The third-order valence-corrected chi connectivity index (χ3v) is 3.81. The van der Waals surface area contributed by atoms with Crippen molar-refractivity contribution in [3.05, 3.63) is 24.3 Å². The summed E-state index contributed by atoms with van der Waals surface area (Å²) in [6.07, 6.45) is 7.21. The van der Waals surface area contributed by atoms with Gasteiger partial charge in [0.05, 0.1) is 13.7 Å². The van der Waals surface area contributed by atoms with Gasteiger partial charge in [-0.15, -0.1) is 6.42 Å². The molecular formula is C18H23NO4. The Balaban J connectivity index is 1.79. The van der Waals surface area contributed by atoms with E-state index in [0.717, 1.165) is 19.4 Å². The molecule has 124 valence electrons. The van der Waals surface area contributed by atoms with Gasteiger partial charge in [-0.05, 0) is 30.9 Å². The van der Waals surface area contributed by atoms with E-state index in [1.54, 1.807) is 13.2 Å². The van der Waals surface area contributed by atoms with Crippen LogP contribution >= 0.6 is 0 Å². The number of likely N-dealkylation sites (tertiary alicyclic amines) is 1. The van der Waals surface area contributed by atoms with Crippen LogP contribution in [0.25, 0.3) is 0 Å². The minimum absolute atomic E-state index is 0.00512. The number of ether oxygens (including phenoxy) is 3. The van der Waals surface area contributed by atoms with Crippen molar-refractivity contribution in [1.82, 2.24) is 4.90 Å². The third kappa shape index (κ3) is 5.50. The van der Waals surface area contributed by atoms with Gasteiger partial charge in [-0.25, -0.2) is 0 Å². The Labute approximate surface area is 137 Å². The van der Waals surface area contributed by atoms with Crippen molar-refractivity contribution in [1.29, 1.82) is 0 Å². The zero-order valence-corrected chi connectivity index (χ0v) is 13.5. The van der Waals surface area contributed by atoms with Crippen LogP contribution in [-0.2, 0) is 9.53 Å². The minimum Gasteiger partial charge on any atom is -0.497 e. The molecule has 0 saturated carbocycles. The zero-order valence-electron chi connectivity index (χ0n) is 13.5. The number of carbonyl (C=O) groups excluding carboxylic acids is 1. The summed E-state index contributed by atoms with van der Waals surface area (Å²) in [7, 11) is 1.60. The van der Waals surface area contributed by atoms with Gasteiger partial charge in [0.15, 0.2) is 6.61 Å². The van der Waals surface area contributed by atoms with Crippen molar-refractivity contribution in [3.63, 3.8) is 0 Å². The highest BCUT2D eigenvalue weighted by Crippen LogP contribution is 2.20. The van der Waals surface area contributed by atoms with Crippen LogP contribution in [0.1, 0.15) is 12.8 Å². The van der Waals surface area contributed by atoms with Crippen molar-refractivity contribution in [2.45, 2.75) is 12.8 Å². The van der Waals surface area contributed by atoms with Gasteiger partial charge in [-0.1, -0.05) is 12.0 Å². The summed E-state index contributed by atoms with van der Waals surface area (Å²) in [5.74, 6) is 4.13. The van der Waals surface area contributed by atoms with Gasteiger partial charge in [0, 0.05) is 19.2 Å². The third-order valence-electron chi connectivity index (χ3n) is 3.81. The maximum atomic E-state index is 12.3. The quantitative estimate of drug-likeness (QED) is 0.570. The Hall–Kier alpha value is -2.19. The highest BCUT2D eigenvalue weighted by Gasteiger charge is 2.24. The largest absolute Gasteiger partial charge is 0.497 e. The van der Waals surface area contributed by atoms with Gasteiger partial charge in [0.1, 0.15) is 18.1 Å². The molecule has 1 unspecified atom stereocenters. The molecule has 1 saturated heterocycles. The van der Waals surface area contributed by atoms with Crippen molar-refractivity contribution < 1.29 is 19.0 Å². The van der Waals surface area contributed by atoms with E-state index in [9.17, 15) is 4.79 Å². The van der Waals surface area contributed by atoms with Crippen LogP contribution in [0.2, 0.25) is 0 Å². The van der Waals surface area contributed by atoms with Gasteiger partial charge < -0.3 is 19.1 Å². The Bertz CT molecular complexity index is 552. The normalized spacial score (nSPS) is 17.4. The van der Waals surface area contributed by atoms with Crippen LogP contribution in [0.4, 0.5) is 0 Å². The number of terminal acetylenes is 1. The molecule has 23 heavy (non-hydrogen) atoms. The lowest BCUT2D eigenvalue weighted by Crippen LogP contribution is -2.43. The molecule has 1 fully saturated rings. The SMILES string of the molecule is C#CCOCC1CCCN(C(=O)COc2cccc(OC)c2)C1. The average Bonchev–Trinajstić information content (AvgIpc) is 2.60. The van der Waals surface area contributed by atoms with Crippen LogP contribution < -0.4 is 9.47 Å². The van der Waals surface area contributed by atoms with Crippen LogP contribution in [0.5, 0.6) is 11.5 Å². The fourth-order valence-electron chi connectivity index (χ4n) is 2.64. The molecule has 2 rings (SSSR count). The smallest absolute Gasteiger partial charge is 0.260 e. The second-order valence-corrected chi connectivity index (χ2v) is 5.53.